The predicted octanol–water partition coefficient (Wildman–Crippen LogP) is 4.82. The Morgan fingerprint density at radius 3 is 2.84 bits per heavy atom. The number of ether oxygens (including phenoxy) is 1. The van der Waals surface area contributed by atoms with Crippen molar-refractivity contribution in [1.29, 1.82) is 0 Å². The first-order chi connectivity index (χ1) is 15.5. The Balaban J connectivity index is 1.32. The Labute approximate surface area is 188 Å². The van der Waals surface area contributed by atoms with Crippen molar-refractivity contribution in [3.05, 3.63) is 65.9 Å². The smallest absolute Gasteiger partial charge is 0.255 e. The van der Waals surface area contributed by atoms with Crippen LogP contribution in [0, 0.1) is 12.8 Å². The van der Waals surface area contributed by atoms with E-state index in [0.29, 0.717) is 24.4 Å². The van der Waals surface area contributed by atoms with Gasteiger partial charge in [-0.15, -0.1) is 0 Å². The molecule has 3 aromatic rings. The number of aromatic nitrogens is 1. The molecule has 2 aromatic carbocycles. The van der Waals surface area contributed by atoms with E-state index in [1.54, 1.807) is 13.3 Å². The number of nitrogens with one attached hydrogen (secondary N) is 1. The number of para-hydroxylation sites is 1. The molecule has 0 bridgehead atoms. The van der Waals surface area contributed by atoms with Crippen LogP contribution in [0.25, 0.3) is 10.9 Å². The zero-order valence-electron chi connectivity index (χ0n) is 18.6. The predicted molar refractivity (Wildman–Crippen MR) is 126 cm³/mol. The van der Waals surface area contributed by atoms with E-state index in [1.165, 1.54) is 0 Å². The van der Waals surface area contributed by atoms with E-state index in [0.717, 1.165) is 53.7 Å². The number of anilines is 1. The van der Waals surface area contributed by atoms with Crippen LogP contribution in [-0.4, -0.2) is 41.9 Å². The minimum atomic E-state index is 0.000413. The highest BCUT2D eigenvalue weighted by Crippen LogP contribution is 2.25. The van der Waals surface area contributed by atoms with E-state index >= 15 is 0 Å². The van der Waals surface area contributed by atoms with Crippen molar-refractivity contribution >= 4 is 28.4 Å². The summed E-state index contributed by atoms with van der Waals surface area (Å²) in [7, 11) is 1.63. The van der Waals surface area contributed by atoms with Crippen LogP contribution < -0.4 is 10.1 Å². The lowest BCUT2D eigenvalue weighted by molar-refractivity contribution is -0.116. The van der Waals surface area contributed by atoms with Gasteiger partial charge in [0, 0.05) is 36.8 Å². The van der Waals surface area contributed by atoms with Gasteiger partial charge in [-0.1, -0.05) is 18.2 Å². The number of benzene rings is 2. The third kappa shape index (κ3) is 5.07. The highest BCUT2D eigenvalue weighted by atomic mass is 16.5. The lowest BCUT2D eigenvalue weighted by Gasteiger charge is -2.32. The highest BCUT2D eigenvalue weighted by Gasteiger charge is 2.25. The summed E-state index contributed by atoms with van der Waals surface area (Å²) in [6, 6.07) is 15.3. The fourth-order valence-electron chi connectivity index (χ4n) is 4.31. The van der Waals surface area contributed by atoms with E-state index < -0.39 is 0 Å². The van der Waals surface area contributed by atoms with Crippen LogP contribution in [0.1, 0.15) is 41.6 Å². The molecule has 0 spiro atoms. The van der Waals surface area contributed by atoms with Crippen molar-refractivity contribution in [1.82, 2.24) is 9.88 Å². The number of nitrogens with zero attached hydrogens (tertiary/aromatic N) is 2. The van der Waals surface area contributed by atoms with Crippen molar-refractivity contribution in [3.63, 3.8) is 0 Å². The molecule has 0 aliphatic carbocycles. The summed E-state index contributed by atoms with van der Waals surface area (Å²) in [5, 5.41) is 3.96. The molecule has 1 aliphatic heterocycles. The normalized spacial score (nSPS) is 16.1. The summed E-state index contributed by atoms with van der Waals surface area (Å²) in [5.74, 6) is 1.12. The van der Waals surface area contributed by atoms with Crippen molar-refractivity contribution in [2.45, 2.75) is 32.6 Å². The van der Waals surface area contributed by atoms with Gasteiger partial charge in [-0.3, -0.25) is 14.6 Å². The number of methoxy groups -OCH3 is 1. The largest absolute Gasteiger partial charge is 0.497 e. The van der Waals surface area contributed by atoms with Gasteiger partial charge in [-0.2, -0.15) is 0 Å². The van der Waals surface area contributed by atoms with Gasteiger partial charge in [-0.05, 0) is 68.0 Å². The second kappa shape index (κ2) is 9.81. The summed E-state index contributed by atoms with van der Waals surface area (Å²) < 4.78 is 5.22. The SMILES string of the molecule is COc1ccc(NC(=O)CCC2CCCN(C(=O)c3cnc4ccccc4c3)C2)c(C)c1. The Bertz CT molecular complexity index is 1130. The van der Waals surface area contributed by atoms with E-state index in [2.05, 4.69) is 10.3 Å². The number of fused-ring (bicyclic) bond motifs is 1. The Kier molecular flexibility index (Phi) is 6.69. The minimum absolute atomic E-state index is 0.000413. The molecule has 1 atom stereocenters. The van der Waals surface area contributed by atoms with Crippen LogP contribution in [0.5, 0.6) is 5.75 Å². The highest BCUT2D eigenvalue weighted by molar-refractivity contribution is 5.97. The number of likely N-dealkylation sites (tertiary alicyclic amines) is 1. The van der Waals surface area contributed by atoms with Crippen LogP contribution in [0.2, 0.25) is 0 Å². The van der Waals surface area contributed by atoms with Crippen molar-refractivity contribution in [3.8, 4) is 5.75 Å². The van der Waals surface area contributed by atoms with Crippen molar-refractivity contribution < 1.29 is 14.3 Å². The average molecular weight is 432 g/mol. The molecule has 0 radical (unpaired) electrons. The van der Waals surface area contributed by atoms with Gasteiger partial charge in [0.25, 0.3) is 5.91 Å². The molecule has 1 saturated heterocycles. The maximum atomic E-state index is 13.1. The Morgan fingerprint density at radius 2 is 2.03 bits per heavy atom. The van der Waals surface area contributed by atoms with Crippen LogP contribution >= 0.6 is 0 Å². The van der Waals surface area contributed by atoms with E-state index in [9.17, 15) is 9.59 Å². The summed E-state index contributed by atoms with van der Waals surface area (Å²) in [4.78, 5) is 31.9. The minimum Gasteiger partial charge on any atom is -0.497 e. The molecule has 1 aliphatic rings. The summed E-state index contributed by atoms with van der Waals surface area (Å²) in [5.41, 5.74) is 3.28. The standard InChI is InChI=1S/C26H29N3O3/c1-18-14-22(32-2)10-11-23(18)28-25(30)12-9-19-6-5-13-29(17-19)26(31)21-15-20-7-3-4-8-24(20)27-16-21/h3-4,7-8,10-11,14-16,19H,5-6,9,12-13,17H2,1-2H3,(H,28,30). The van der Waals surface area contributed by atoms with Gasteiger partial charge in [0.05, 0.1) is 18.2 Å². The van der Waals surface area contributed by atoms with Gasteiger partial charge < -0.3 is 15.0 Å². The van der Waals surface area contributed by atoms with Crippen LogP contribution in [0.15, 0.2) is 54.7 Å². The lowest BCUT2D eigenvalue weighted by Crippen LogP contribution is -2.40. The van der Waals surface area contributed by atoms with Crippen LogP contribution in [-0.2, 0) is 4.79 Å². The zero-order chi connectivity index (χ0) is 22.5. The quantitative estimate of drug-likeness (QED) is 0.607. The molecule has 4 rings (SSSR count). The molecule has 1 aromatic heterocycles. The monoisotopic (exact) mass is 431 g/mol. The molecular weight excluding hydrogens is 402 g/mol. The van der Waals surface area contributed by atoms with E-state index in [1.807, 2.05) is 60.4 Å². The summed E-state index contributed by atoms with van der Waals surface area (Å²) in [6.45, 7) is 3.38. The van der Waals surface area contributed by atoms with Gasteiger partial charge >= 0.3 is 0 Å². The molecule has 1 unspecified atom stereocenters. The van der Waals surface area contributed by atoms with E-state index in [4.69, 9.17) is 4.74 Å². The molecule has 6 heteroatoms. The molecule has 6 nitrogen and oxygen atoms in total. The maximum absolute atomic E-state index is 13.1. The van der Waals surface area contributed by atoms with Crippen molar-refractivity contribution in [2.75, 3.05) is 25.5 Å². The van der Waals surface area contributed by atoms with Gasteiger partial charge in [0.15, 0.2) is 0 Å². The van der Waals surface area contributed by atoms with Crippen LogP contribution in [0.3, 0.4) is 0 Å². The first-order valence-corrected chi connectivity index (χ1v) is 11.1. The molecular formula is C26H29N3O3. The third-order valence-corrected chi connectivity index (χ3v) is 6.13. The number of pyridine rings is 1. The second-order valence-electron chi connectivity index (χ2n) is 8.44. The molecule has 2 heterocycles. The number of carbonyl (C=O) groups is 2. The van der Waals surface area contributed by atoms with Crippen molar-refractivity contribution in [2.24, 2.45) is 5.92 Å². The topological polar surface area (TPSA) is 71.5 Å². The molecule has 166 valence electrons. The third-order valence-electron chi connectivity index (χ3n) is 6.13. The Morgan fingerprint density at radius 1 is 1.19 bits per heavy atom. The van der Waals surface area contributed by atoms with Crippen LogP contribution in [0.4, 0.5) is 5.69 Å². The second-order valence-corrected chi connectivity index (χ2v) is 8.44. The summed E-state index contributed by atoms with van der Waals surface area (Å²) >= 11 is 0. The molecule has 2 amide bonds. The zero-order valence-corrected chi connectivity index (χ0v) is 18.6. The molecule has 32 heavy (non-hydrogen) atoms. The number of rotatable bonds is 6. The lowest BCUT2D eigenvalue weighted by atomic mass is 9.92. The number of carbonyl (C=O) groups excluding carboxylic acids is 2. The van der Waals surface area contributed by atoms with Gasteiger partial charge in [-0.25, -0.2) is 0 Å². The molecule has 0 saturated carbocycles. The number of aryl methyl sites for hydroxylation is 1. The first kappa shape index (κ1) is 21.8. The van der Waals surface area contributed by atoms with Gasteiger partial charge in [0.2, 0.25) is 5.91 Å². The number of hydrogen-bond donors (Lipinski definition) is 1. The molecule has 1 N–H and O–H groups in total. The summed E-state index contributed by atoms with van der Waals surface area (Å²) in [6.07, 6.45) is 4.86. The van der Waals surface area contributed by atoms with Gasteiger partial charge in [0.1, 0.15) is 5.75 Å². The first-order valence-electron chi connectivity index (χ1n) is 11.1. The number of hydrogen-bond acceptors (Lipinski definition) is 4. The molecule has 1 fully saturated rings. The Hall–Kier alpha value is -3.41. The fraction of sp³-hybridized carbons (Fsp3) is 0.346. The average Bonchev–Trinajstić information content (AvgIpc) is 2.83. The fourth-order valence-corrected chi connectivity index (χ4v) is 4.31. The van der Waals surface area contributed by atoms with E-state index in [-0.39, 0.29) is 11.8 Å². The number of piperidine rings is 1. The number of amides is 2. The maximum Gasteiger partial charge on any atom is 0.255 e.